The highest BCUT2D eigenvalue weighted by Crippen LogP contribution is 2.33. The minimum absolute atomic E-state index is 0.205. The smallest absolute Gasteiger partial charge is 0.150 e. The van der Waals surface area contributed by atoms with Crippen LogP contribution >= 0.6 is 15.9 Å². The summed E-state index contributed by atoms with van der Waals surface area (Å²) < 4.78 is 26.9. The molecule has 4 heteroatoms. The molecule has 1 nitrogen and oxygen atoms in total. The van der Waals surface area contributed by atoms with Gasteiger partial charge < -0.3 is 5.32 Å². The van der Waals surface area contributed by atoms with Crippen LogP contribution in [0, 0.1) is 17.6 Å². The summed E-state index contributed by atoms with van der Waals surface area (Å²) in [6.45, 7) is 2.04. The Morgan fingerprint density at radius 3 is 2.65 bits per heavy atom. The topological polar surface area (TPSA) is 12.0 Å². The number of anilines is 1. The maximum absolute atomic E-state index is 13.6. The molecule has 0 heterocycles. The molecule has 0 saturated heterocycles. The number of rotatable bonds is 4. The van der Waals surface area contributed by atoms with E-state index in [4.69, 9.17) is 0 Å². The average Bonchev–Trinajstić information content (AvgIpc) is 2.17. The number of halogens is 3. The van der Waals surface area contributed by atoms with Gasteiger partial charge in [-0.3, -0.25) is 0 Å². The van der Waals surface area contributed by atoms with Crippen LogP contribution in [0.1, 0.15) is 32.6 Å². The van der Waals surface area contributed by atoms with Crippen LogP contribution in [0.15, 0.2) is 16.6 Å². The van der Waals surface area contributed by atoms with E-state index in [0.29, 0.717) is 10.2 Å². The van der Waals surface area contributed by atoms with E-state index in [1.54, 1.807) is 0 Å². The molecule has 1 fully saturated rings. The lowest BCUT2D eigenvalue weighted by Gasteiger charge is -2.29. The molecule has 1 saturated carbocycles. The van der Waals surface area contributed by atoms with Crippen molar-refractivity contribution in [1.82, 2.24) is 0 Å². The van der Waals surface area contributed by atoms with Crippen molar-refractivity contribution in [3.63, 3.8) is 0 Å². The second kappa shape index (κ2) is 5.34. The van der Waals surface area contributed by atoms with Crippen LogP contribution in [-0.2, 0) is 0 Å². The predicted molar refractivity (Wildman–Crippen MR) is 69.1 cm³/mol. The van der Waals surface area contributed by atoms with Gasteiger partial charge in [0.2, 0.25) is 0 Å². The minimum atomic E-state index is -0.563. The van der Waals surface area contributed by atoms with Crippen LogP contribution < -0.4 is 5.32 Å². The van der Waals surface area contributed by atoms with Crippen molar-refractivity contribution in [2.75, 3.05) is 5.32 Å². The molecule has 0 bridgehead atoms. The highest BCUT2D eigenvalue weighted by Gasteiger charge is 2.21. The number of benzene rings is 1. The SMILES string of the molecule is CC(CC1CCC1)Nc1c(F)cc(F)cc1Br. The quantitative estimate of drug-likeness (QED) is 0.849. The highest BCUT2D eigenvalue weighted by molar-refractivity contribution is 9.10. The van der Waals surface area contributed by atoms with Crippen molar-refractivity contribution >= 4 is 21.6 Å². The Kier molecular flexibility index (Phi) is 4.02. The predicted octanol–water partition coefficient (Wildman–Crippen LogP) is 4.72. The summed E-state index contributed by atoms with van der Waals surface area (Å²) in [7, 11) is 0. The normalized spacial score (nSPS) is 17.6. The van der Waals surface area contributed by atoms with Crippen molar-refractivity contribution in [2.24, 2.45) is 5.92 Å². The van der Waals surface area contributed by atoms with E-state index < -0.39 is 11.6 Å². The minimum Gasteiger partial charge on any atom is -0.379 e. The van der Waals surface area contributed by atoms with E-state index in [0.717, 1.165) is 18.4 Å². The van der Waals surface area contributed by atoms with Gasteiger partial charge in [0.1, 0.15) is 11.6 Å². The Bertz CT molecular complexity index is 381. The lowest BCUT2D eigenvalue weighted by molar-refractivity contribution is 0.285. The van der Waals surface area contributed by atoms with Crippen LogP contribution in [0.25, 0.3) is 0 Å². The molecule has 1 aromatic carbocycles. The molecule has 94 valence electrons. The first-order valence-electron chi connectivity index (χ1n) is 5.97. The Balaban J connectivity index is 2.01. The first-order chi connectivity index (χ1) is 8.06. The van der Waals surface area contributed by atoms with Crippen LogP contribution in [0.2, 0.25) is 0 Å². The second-order valence-corrected chi connectivity index (χ2v) is 5.68. The number of nitrogens with one attached hydrogen (secondary N) is 1. The molecule has 2 rings (SSSR count). The monoisotopic (exact) mass is 303 g/mol. The summed E-state index contributed by atoms with van der Waals surface area (Å²) in [5, 5.41) is 3.12. The van der Waals surface area contributed by atoms with E-state index in [9.17, 15) is 8.78 Å². The summed E-state index contributed by atoms with van der Waals surface area (Å²) in [6.07, 6.45) is 4.91. The number of hydrogen-bond donors (Lipinski definition) is 1. The third-order valence-electron chi connectivity index (χ3n) is 3.31. The van der Waals surface area contributed by atoms with Crippen LogP contribution in [0.4, 0.5) is 14.5 Å². The van der Waals surface area contributed by atoms with Crippen molar-refractivity contribution in [2.45, 2.75) is 38.6 Å². The average molecular weight is 304 g/mol. The van der Waals surface area contributed by atoms with E-state index in [-0.39, 0.29) is 6.04 Å². The zero-order valence-electron chi connectivity index (χ0n) is 9.77. The molecule has 17 heavy (non-hydrogen) atoms. The fraction of sp³-hybridized carbons (Fsp3) is 0.538. The lowest BCUT2D eigenvalue weighted by Crippen LogP contribution is -2.23. The Morgan fingerprint density at radius 1 is 1.41 bits per heavy atom. The summed E-state index contributed by atoms with van der Waals surface area (Å²) in [5.74, 6) is -0.344. The van der Waals surface area contributed by atoms with Crippen molar-refractivity contribution in [1.29, 1.82) is 0 Å². The van der Waals surface area contributed by atoms with Gasteiger partial charge in [-0.15, -0.1) is 0 Å². The summed E-state index contributed by atoms with van der Waals surface area (Å²) >= 11 is 3.18. The Labute approximate surface area is 109 Å². The Hall–Kier alpha value is -0.640. The molecule has 1 aliphatic carbocycles. The van der Waals surface area contributed by atoms with Crippen molar-refractivity contribution < 1.29 is 8.78 Å². The first-order valence-corrected chi connectivity index (χ1v) is 6.76. The molecule has 0 aliphatic heterocycles. The molecule has 0 amide bonds. The largest absolute Gasteiger partial charge is 0.379 e. The lowest BCUT2D eigenvalue weighted by atomic mass is 9.81. The molecular formula is C13H16BrF2N. The van der Waals surface area contributed by atoms with Gasteiger partial charge in [-0.25, -0.2) is 8.78 Å². The molecule has 1 atom stereocenters. The van der Waals surface area contributed by atoms with Gasteiger partial charge in [-0.1, -0.05) is 19.3 Å². The van der Waals surface area contributed by atoms with Gasteiger partial charge in [-0.2, -0.15) is 0 Å². The maximum Gasteiger partial charge on any atom is 0.150 e. The standard InChI is InChI=1S/C13H16BrF2N/c1-8(5-9-3-2-4-9)17-13-11(14)6-10(15)7-12(13)16/h6-9,17H,2-5H2,1H3. The molecule has 1 aliphatic rings. The number of hydrogen-bond acceptors (Lipinski definition) is 1. The maximum atomic E-state index is 13.6. The molecule has 0 spiro atoms. The van der Waals surface area contributed by atoms with E-state index in [2.05, 4.69) is 21.2 Å². The van der Waals surface area contributed by atoms with Gasteiger partial charge in [0.15, 0.2) is 0 Å². The summed E-state index contributed by atoms with van der Waals surface area (Å²) in [6, 6.07) is 2.39. The zero-order valence-corrected chi connectivity index (χ0v) is 11.4. The molecule has 0 radical (unpaired) electrons. The second-order valence-electron chi connectivity index (χ2n) is 4.82. The molecule has 1 unspecified atom stereocenters. The fourth-order valence-corrected chi connectivity index (χ4v) is 2.74. The third kappa shape index (κ3) is 3.18. The van der Waals surface area contributed by atoms with Crippen molar-refractivity contribution in [3.05, 3.63) is 28.2 Å². The first kappa shape index (κ1) is 12.8. The van der Waals surface area contributed by atoms with Crippen LogP contribution in [0.3, 0.4) is 0 Å². The van der Waals surface area contributed by atoms with E-state index >= 15 is 0 Å². The van der Waals surface area contributed by atoms with Gasteiger partial charge in [0.05, 0.1) is 5.69 Å². The molecular weight excluding hydrogens is 288 g/mol. The zero-order chi connectivity index (χ0) is 12.4. The van der Waals surface area contributed by atoms with Crippen molar-refractivity contribution in [3.8, 4) is 0 Å². The van der Waals surface area contributed by atoms with Crippen LogP contribution in [-0.4, -0.2) is 6.04 Å². The summed E-state index contributed by atoms with van der Waals surface area (Å²) in [4.78, 5) is 0. The van der Waals surface area contributed by atoms with E-state index in [1.165, 1.54) is 25.3 Å². The fourth-order valence-electron chi connectivity index (χ4n) is 2.21. The van der Waals surface area contributed by atoms with Gasteiger partial charge in [-0.05, 0) is 41.3 Å². The van der Waals surface area contributed by atoms with E-state index in [1.807, 2.05) is 6.92 Å². The van der Waals surface area contributed by atoms with Crippen LogP contribution in [0.5, 0.6) is 0 Å². The van der Waals surface area contributed by atoms with Gasteiger partial charge in [0.25, 0.3) is 0 Å². The van der Waals surface area contributed by atoms with Gasteiger partial charge in [0, 0.05) is 16.6 Å². The molecule has 1 aromatic rings. The van der Waals surface area contributed by atoms with Gasteiger partial charge >= 0.3 is 0 Å². The Morgan fingerprint density at radius 2 is 2.12 bits per heavy atom. The third-order valence-corrected chi connectivity index (χ3v) is 3.93. The highest BCUT2D eigenvalue weighted by atomic mass is 79.9. The molecule has 1 N–H and O–H groups in total. The molecule has 0 aromatic heterocycles. The summed E-state index contributed by atoms with van der Waals surface area (Å²) in [5.41, 5.74) is 0.359.